The van der Waals surface area contributed by atoms with E-state index in [9.17, 15) is 8.42 Å². The molecule has 2 heterocycles. The van der Waals surface area contributed by atoms with Gasteiger partial charge in [-0.05, 0) is 61.4 Å². The molecule has 0 atom stereocenters. The minimum absolute atomic E-state index is 0.323. The van der Waals surface area contributed by atoms with E-state index in [-0.39, 0.29) is 0 Å². The lowest BCUT2D eigenvalue weighted by Crippen LogP contribution is -2.48. The van der Waals surface area contributed by atoms with Gasteiger partial charge in [0.15, 0.2) is 0 Å². The zero-order valence-electron chi connectivity index (χ0n) is 16.1. The topological polar surface area (TPSA) is 58.4 Å². The highest BCUT2D eigenvalue weighted by Crippen LogP contribution is 2.25. The summed E-state index contributed by atoms with van der Waals surface area (Å²) in [5.74, 6) is 0. The minimum Gasteiger partial charge on any atom is -0.369 e. The van der Waals surface area contributed by atoms with Crippen LogP contribution >= 0.6 is 0 Å². The van der Waals surface area contributed by atoms with Gasteiger partial charge in [-0.15, -0.1) is 0 Å². The molecule has 1 saturated heterocycles. The van der Waals surface area contributed by atoms with Crippen molar-refractivity contribution in [2.45, 2.75) is 18.7 Å². The Morgan fingerprint density at radius 1 is 0.929 bits per heavy atom. The van der Waals surface area contributed by atoms with Crippen molar-refractivity contribution in [2.75, 3.05) is 31.1 Å². The second kappa shape index (κ2) is 7.41. The third-order valence-electron chi connectivity index (χ3n) is 5.19. The van der Waals surface area contributed by atoms with Crippen LogP contribution in [0.15, 0.2) is 65.8 Å². The number of rotatable bonds is 4. The van der Waals surface area contributed by atoms with Crippen molar-refractivity contribution < 1.29 is 8.42 Å². The van der Waals surface area contributed by atoms with Gasteiger partial charge in [-0.3, -0.25) is 0 Å². The summed E-state index contributed by atoms with van der Waals surface area (Å²) in [5, 5.41) is 4.17. The van der Waals surface area contributed by atoms with Crippen molar-refractivity contribution in [3.05, 3.63) is 72.1 Å². The zero-order valence-corrected chi connectivity index (χ0v) is 16.9. The van der Waals surface area contributed by atoms with Gasteiger partial charge in [0.25, 0.3) is 0 Å². The minimum atomic E-state index is -3.49. The monoisotopic (exact) mass is 396 g/mol. The third-order valence-corrected chi connectivity index (χ3v) is 7.10. The Morgan fingerprint density at radius 2 is 1.64 bits per heavy atom. The summed E-state index contributed by atoms with van der Waals surface area (Å²) in [7, 11) is -3.49. The first-order chi connectivity index (χ1) is 13.4. The van der Waals surface area contributed by atoms with Crippen LogP contribution in [0.25, 0.3) is 5.69 Å². The van der Waals surface area contributed by atoms with Crippen LogP contribution in [0.1, 0.15) is 11.1 Å². The van der Waals surface area contributed by atoms with Crippen molar-refractivity contribution >= 4 is 15.7 Å². The smallest absolute Gasteiger partial charge is 0.243 e. The summed E-state index contributed by atoms with van der Waals surface area (Å²) >= 11 is 0. The maximum absolute atomic E-state index is 13.0. The van der Waals surface area contributed by atoms with Crippen molar-refractivity contribution in [1.29, 1.82) is 0 Å². The maximum atomic E-state index is 13.0. The molecule has 7 heteroatoms. The number of aryl methyl sites for hydroxylation is 2. The average Bonchev–Trinajstić information content (AvgIpc) is 3.25. The molecule has 28 heavy (non-hydrogen) atoms. The second-order valence-corrected chi connectivity index (χ2v) is 9.06. The molecule has 0 amide bonds. The summed E-state index contributed by atoms with van der Waals surface area (Å²) in [5.41, 5.74) is 4.47. The maximum Gasteiger partial charge on any atom is 0.243 e. The van der Waals surface area contributed by atoms with Crippen LogP contribution in [0, 0.1) is 13.8 Å². The number of nitrogens with zero attached hydrogens (tertiary/aromatic N) is 4. The predicted molar refractivity (Wildman–Crippen MR) is 110 cm³/mol. The first-order valence-corrected chi connectivity index (χ1v) is 10.8. The van der Waals surface area contributed by atoms with Gasteiger partial charge in [-0.2, -0.15) is 9.40 Å². The molecule has 1 aliphatic rings. The van der Waals surface area contributed by atoms with Gasteiger partial charge in [-0.25, -0.2) is 13.1 Å². The molecule has 0 bridgehead atoms. The average molecular weight is 397 g/mol. The lowest BCUT2D eigenvalue weighted by Gasteiger charge is -2.36. The fraction of sp³-hybridized carbons (Fsp3) is 0.286. The normalized spacial score (nSPS) is 15.7. The van der Waals surface area contributed by atoms with Crippen molar-refractivity contribution in [2.24, 2.45) is 0 Å². The highest BCUT2D eigenvalue weighted by Gasteiger charge is 2.29. The number of aromatic nitrogens is 2. The fourth-order valence-corrected chi connectivity index (χ4v) is 4.99. The Labute approximate surface area is 166 Å². The van der Waals surface area contributed by atoms with Crippen LogP contribution in [0.3, 0.4) is 0 Å². The molecule has 0 saturated carbocycles. The predicted octanol–water partition coefficient (Wildman–Crippen LogP) is 3.00. The molecule has 0 N–H and O–H groups in total. The largest absolute Gasteiger partial charge is 0.369 e. The molecule has 2 aromatic carbocycles. The van der Waals surface area contributed by atoms with Crippen LogP contribution < -0.4 is 4.90 Å². The Kier molecular flexibility index (Phi) is 4.95. The van der Waals surface area contributed by atoms with Gasteiger partial charge in [0, 0.05) is 44.3 Å². The summed E-state index contributed by atoms with van der Waals surface area (Å²) in [4.78, 5) is 2.60. The van der Waals surface area contributed by atoms with Gasteiger partial charge in [0.05, 0.1) is 10.6 Å². The fourth-order valence-electron chi connectivity index (χ4n) is 3.57. The summed E-state index contributed by atoms with van der Waals surface area (Å²) < 4.78 is 29.4. The van der Waals surface area contributed by atoms with Crippen LogP contribution in [0.2, 0.25) is 0 Å². The zero-order chi connectivity index (χ0) is 19.7. The number of hydrogen-bond acceptors (Lipinski definition) is 4. The summed E-state index contributed by atoms with van der Waals surface area (Å²) in [6.45, 7) is 6.52. The van der Waals surface area contributed by atoms with E-state index in [4.69, 9.17) is 0 Å². The lowest BCUT2D eigenvalue weighted by molar-refractivity contribution is 0.384. The van der Waals surface area contributed by atoms with Gasteiger partial charge >= 0.3 is 0 Å². The Hall–Kier alpha value is -2.64. The molecule has 6 nitrogen and oxygen atoms in total. The molecule has 1 aliphatic heterocycles. The number of benzene rings is 2. The van der Waals surface area contributed by atoms with Gasteiger partial charge in [-0.1, -0.05) is 12.1 Å². The third kappa shape index (κ3) is 3.55. The standard InChI is InChI=1S/C21H24N4O2S/c1-17-4-5-18(2)21(16-17)23-12-14-24(15-13-23)28(26,27)20-8-6-19(7-9-20)25-11-3-10-22-25/h3-11,16H,12-15H2,1-2H3. The molecule has 146 valence electrons. The number of sulfonamides is 1. The second-order valence-electron chi connectivity index (χ2n) is 7.13. The number of hydrogen-bond donors (Lipinski definition) is 0. The van der Waals surface area contributed by atoms with Crippen LogP contribution in [-0.2, 0) is 10.0 Å². The van der Waals surface area contributed by atoms with Gasteiger partial charge in [0.2, 0.25) is 10.0 Å². The summed E-state index contributed by atoms with van der Waals surface area (Å²) in [6, 6.07) is 15.1. The van der Waals surface area contributed by atoms with Crippen molar-refractivity contribution in [1.82, 2.24) is 14.1 Å². The van der Waals surface area contributed by atoms with Gasteiger partial charge in [0.1, 0.15) is 0 Å². The summed E-state index contributed by atoms with van der Waals surface area (Å²) in [6.07, 6.45) is 3.52. The highest BCUT2D eigenvalue weighted by molar-refractivity contribution is 7.89. The van der Waals surface area contributed by atoms with E-state index in [2.05, 4.69) is 42.0 Å². The first kappa shape index (κ1) is 18.7. The van der Waals surface area contributed by atoms with Crippen molar-refractivity contribution in [3.8, 4) is 5.69 Å². The van der Waals surface area contributed by atoms with E-state index in [0.29, 0.717) is 31.1 Å². The Bertz CT molecular complexity index is 1050. The first-order valence-electron chi connectivity index (χ1n) is 9.37. The molecule has 0 spiro atoms. The molecule has 0 radical (unpaired) electrons. The molecular formula is C21H24N4O2S. The Morgan fingerprint density at radius 3 is 2.29 bits per heavy atom. The molecule has 0 aliphatic carbocycles. The van der Waals surface area contributed by atoms with E-state index in [0.717, 1.165) is 5.69 Å². The van der Waals surface area contributed by atoms with Gasteiger partial charge < -0.3 is 4.90 Å². The SMILES string of the molecule is Cc1ccc(C)c(N2CCN(S(=O)(=O)c3ccc(-n4cccn4)cc3)CC2)c1. The molecule has 3 aromatic rings. The van der Waals surface area contributed by atoms with Crippen molar-refractivity contribution in [3.63, 3.8) is 0 Å². The Balaban J connectivity index is 1.48. The molecular weight excluding hydrogens is 372 g/mol. The molecule has 4 rings (SSSR count). The van der Waals surface area contributed by atoms with E-state index >= 15 is 0 Å². The van der Waals surface area contributed by atoms with Crippen LogP contribution in [-0.4, -0.2) is 48.7 Å². The van der Waals surface area contributed by atoms with E-state index in [1.807, 2.05) is 12.3 Å². The number of piperazine rings is 1. The van der Waals surface area contributed by atoms with E-state index in [1.54, 1.807) is 39.4 Å². The van der Waals surface area contributed by atoms with Crippen LogP contribution in [0.4, 0.5) is 5.69 Å². The van der Waals surface area contributed by atoms with E-state index in [1.165, 1.54) is 16.8 Å². The van der Waals surface area contributed by atoms with E-state index < -0.39 is 10.0 Å². The molecule has 1 fully saturated rings. The molecule has 0 unspecified atom stereocenters. The highest BCUT2D eigenvalue weighted by atomic mass is 32.2. The van der Waals surface area contributed by atoms with Crippen LogP contribution in [0.5, 0.6) is 0 Å². The molecule has 1 aromatic heterocycles. The lowest BCUT2D eigenvalue weighted by atomic mass is 10.1. The number of anilines is 1. The quantitative estimate of drug-likeness (QED) is 0.680.